The number of carbonyl (C=O) groups excluding carboxylic acids is 1. The quantitative estimate of drug-likeness (QED) is 0.906. The topological polar surface area (TPSA) is 84.2 Å². The van der Waals surface area contributed by atoms with Crippen molar-refractivity contribution < 1.29 is 9.53 Å². The summed E-state index contributed by atoms with van der Waals surface area (Å²) in [6.45, 7) is 2.22. The highest BCUT2D eigenvalue weighted by Crippen LogP contribution is 2.33. The van der Waals surface area contributed by atoms with Crippen molar-refractivity contribution in [1.82, 2.24) is 14.9 Å². The van der Waals surface area contributed by atoms with Gasteiger partial charge in [0.1, 0.15) is 11.3 Å². The van der Waals surface area contributed by atoms with Gasteiger partial charge in [-0.2, -0.15) is 0 Å². The number of amides is 1. The van der Waals surface area contributed by atoms with E-state index >= 15 is 0 Å². The monoisotopic (exact) mass is 328 g/mol. The van der Waals surface area contributed by atoms with E-state index in [2.05, 4.69) is 9.88 Å². The first-order valence-electron chi connectivity index (χ1n) is 8.90. The number of hydrogen-bond donors (Lipinski definition) is 2. The molecule has 1 aromatic heterocycles. The highest BCUT2D eigenvalue weighted by molar-refractivity contribution is 5.84. The molecule has 0 radical (unpaired) electrons. The van der Waals surface area contributed by atoms with Gasteiger partial charge in [0.2, 0.25) is 0 Å². The number of imidazole rings is 1. The predicted molar refractivity (Wildman–Crippen MR) is 92.1 cm³/mol. The normalized spacial score (nSPS) is 22.9. The van der Waals surface area contributed by atoms with Crippen LogP contribution in [0.15, 0.2) is 18.2 Å². The first kappa shape index (κ1) is 15.4. The summed E-state index contributed by atoms with van der Waals surface area (Å²) < 4.78 is 5.07. The molecule has 6 nitrogen and oxygen atoms in total. The lowest BCUT2D eigenvalue weighted by atomic mass is 9.94. The zero-order chi connectivity index (χ0) is 16.5. The number of nitrogens with zero attached hydrogens (tertiary/aromatic N) is 2. The number of carbonyl (C=O) groups is 1. The highest BCUT2D eigenvalue weighted by Gasteiger charge is 2.31. The summed E-state index contributed by atoms with van der Waals surface area (Å²) in [5.41, 5.74) is 6.71. The van der Waals surface area contributed by atoms with Crippen molar-refractivity contribution in [2.24, 2.45) is 5.73 Å². The molecule has 1 saturated carbocycles. The third-order valence-corrected chi connectivity index (χ3v) is 5.40. The Morgan fingerprint density at radius 3 is 2.88 bits per heavy atom. The lowest BCUT2D eigenvalue weighted by Crippen LogP contribution is -2.34. The van der Waals surface area contributed by atoms with E-state index < -0.39 is 6.09 Å². The molecule has 4 rings (SSSR count). The second-order valence-corrected chi connectivity index (χ2v) is 6.97. The Hall–Kier alpha value is -2.08. The predicted octanol–water partition coefficient (Wildman–Crippen LogP) is 3.14. The van der Waals surface area contributed by atoms with E-state index in [0.717, 1.165) is 36.9 Å². The Labute approximate surface area is 141 Å². The maximum absolute atomic E-state index is 11.0. The van der Waals surface area contributed by atoms with Gasteiger partial charge in [-0.25, -0.2) is 9.78 Å². The van der Waals surface area contributed by atoms with Crippen LogP contribution in [-0.2, 0) is 0 Å². The van der Waals surface area contributed by atoms with Crippen LogP contribution < -0.4 is 10.5 Å². The summed E-state index contributed by atoms with van der Waals surface area (Å²) in [6, 6.07) is 6.27. The Morgan fingerprint density at radius 1 is 1.25 bits per heavy atom. The molecule has 0 spiro atoms. The second kappa shape index (κ2) is 6.43. The maximum Gasteiger partial charge on any atom is 0.410 e. The Morgan fingerprint density at radius 2 is 2.08 bits per heavy atom. The number of aromatic amines is 1. The number of benzene rings is 1. The molecule has 2 aromatic rings. The van der Waals surface area contributed by atoms with Crippen LogP contribution in [0.5, 0.6) is 5.75 Å². The van der Waals surface area contributed by atoms with Crippen LogP contribution in [0.4, 0.5) is 4.79 Å². The van der Waals surface area contributed by atoms with Gasteiger partial charge >= 0.3 is 6.09 Å². The number of primary amides is 1. The van der Waals surface area contributed by atoms with Gasteiger partial charge in [0.05, 0.1) is 5.52 Å². The Kier molecular flexibility index (Phi) is 4.14. The number of nitrogens with one attached hydrogen (secondary N) is 1. The van der Waals surface area contributed by atoms with E-state index in [0.29, 0.717) is 17.2 Å². The fourth-order valence-corrected chi connectivity index (χ4v) is 4.20. The molecular formula is C18H24N4O2. The first-order valence-corrected chi connectivity index (χ1v) is 8.90. The molecule has 1 aliphatic heterocycles. The van der Waals surface area contributed by atoms with Crippen LogP contribution in [-0.4, -0.2) is 40.1 Å². The molecular weight excluding hydrogens is 304 g/mol. The summed E-state index contributed by atoms with van der Waals surface area (Å²) >= 11 is 0. The zero-order valence-electron chi connectivity index (χ0n) is 13.8. The molecule has 6 heteroatoms. The van der Waals surface area contributed by atoms with Crippen molar-refractivity contribution in [2.75, 3.05) is 13.1 Å². The van der Waals surface area contributed by atoms with Crippen molar-refractivity contribution in [1.29, 1.82) is 0 Å². The standard InChI is InChI=1S/C18H24N4O2/c19-18(23)24-15-8-4-7-14-16(15)21-17(20-14)12-9-10-22(11-12)13-5-2-1-3-6-13/h4,7-8,12-13H,1-3,5-6,9-11H2,(H2,19,23)(H,20,21). The molecule has 1 saturated heterocycles. The molecule has 3 N–H and O–H groups in total. The molecule has 2 aliphatic rings. The van der Waals surface area contributed by atoms with Crippen LogP contribution in [0.2, 0.25) is 0 Å². The van der Waals surface area contributed by atoms with Crippen molar-refractivity contribution in [2.45, 2.75) is 50.5 Å². The number of ether oxygens (including phenoxy) is 1. The fraction of sp³-hybridized carbons (Fsp3) is 0.556. The number of likely N-dealkylation sites (tertiary alicyclic amines) is 1. The molecule has 0 bridgehead atoms. The minimum Gasteiger partial charge on any atom is -0.408 e. The van der Waals surface area contributed by atoms with E-state index in [1.54, 1.807) is 6.07 Å². The molecule has 128 valence electrons. The van der Waals surface area contributed by atoms with Crippen LogP contribution in [0, 0.1) is 0 Å². The average molecular weight is 328 g/mol. The molecule has 1 unspecified atom stereocenters. The summed E-state index contributed by atoms with van der Waals surface area (Å²) in [5.74, 6) is 1.83. The number of para-hydroxylation sites is 1. The first-order chi connectivity index (χ1) is 11.7. The zero-order valence-corrected chi connectivity index (χ0v) is 13.8. The third kappa shape index (κ3) is 2.98. The summed E-state index contributed by atoms with van der Waals surface area (Å²) in [4.78, 5) is 21.8. The van der Waals surface area contributed by atoms with Crippen LogP contribution in [0.1, 0.15) is 50.3 Å². The summed E-state index contributed by atoms with van der Waals surface area (Å²) in [5, 5.41) is 0. The molecule has 2 heterocycles. The Balaban J connectivity index is 1.53. The molecule has 1 aromatic carbocycles. The number of fused-ring (bicyclic) bond motifs is 1. The van der Waals surface area contributed by atoms with Gasteiger partial charge in [-0.1, -0.05) is 25.3 Å². The number of aromatic nitrogens is 2. The average Bonchev–Trinajstić information content (AvgIpc) is 3.22. The van der Waals surface area contributed by atoms with E-state index in [1.807, 2.05) is 12.1 Å². The third-order valence-electron chi connectivity index (χ3n) is 5.40. The van der Waals surface area contributed by atoms with Gasteiger partial charge in [0, 0.05) is 18.5 Å². The van der Waals surface area contributed by atoms with Crippen molar-refractivity contribution in [3.05, 3.63) is 24.0 Å². The van der Waals surface area contributed by atoms with Gasteiger partial charge < -0.3 is 15.5 Å². The molecule has 1 aliphatic carbocycles. The molecule has 1 atom stereocenters. The fourth-order valence-electron chi connectivity index (χ4n) is 4.20. The van der Waals surface area contributed by atoms with Crippen LogP contribution in [0.25, 0.3) is 11.0 Å². The smallest absolute Gasteiger partial charge is 0.408 e. The summed E-state index contributed by atoms with van der Waals surface area (Å²) in [7, 11) is 0. The van der Waals surface area contributed by atoms with Crippen molar-refractivity contribution in [3.8, 4) is 5.75 Å². The van der Waals surface area contributed by atoms with Crippen molar-refractivity contribution in [3.63, 3.8) is 0 Å². The SMILES string of the molecule is NC(=O)Oc1cccc2[nH]c(C3CCN(C4CCCCC4)C3)nc12. The van der Waals surface area contributed by atoms with Gasteiger partial charge in [-0.05, 0) is 37.9 Å². The number of hydrogen-bond acceptors (Lipinski definition) is 4. The number of H-pyrrole nitrogens is 1. The minimum absolute atomic E-state index is 0.417. The van der Waals surface area contributed by atoms with E-state index in [1.165, 1.54) is 32.1 Å². The van der Waals surface area contributed by atoms with Gasteiger partial charge in [-0.3, -0.25) is 4.90 Å². The van der Waals surface area contributed by atoms with E-state index in [-0.39, 0.29) is 0 Å². The lowest BCUT2D eigenvalue weighted by Gasteiger charge is -2.30. The van der Waals surface area contributed by atoms with Crippen molar-refractivity contribution >= 4 is 17.1 Å². The van der Waals surface area contributed by atoms with E-state index in [4.69, 9.17) is 15.5 Å². The van der Waals surface area contributed by atoms with Crippen LogP contribution >= 0.6 is 0 Å². The van der Waals surface area contributed by atoms with E-state index in [9.17, 15) is 4.79 Å². The molecule has 2 fully saturated rings. The summed E-state index contributed by atoms with van der Waals surface area (Å²) in [6.07, 6.45) is 7.11. The molecule has 1 amide bonds. The largest absolute Gasteiger partial charge is 0.410 e. The lowest BCUT2D eigenvalue weighted by molar-refractivity contribution is 0.189. The highest BCUT2D eigenvalue weighted by atomic mass is 16.5. The van der Waals surface area contributed by atoms with Gasteiger partial charge in [-0.15, -0.1) is 0 Å². The van der Waals surface area contributed by atoms with Gasteiger partial charge in [0.25, 0.3) is 0 Å². The Bertz CT molecular complexity index is 736. The second-order valence-electron chi connectivity index (χ2n) is 6.97. The van der Waals surface area contributed by atoms with Gasteiger partial charge in [0.15, 0.2) is 5.75 Å². The number of nitrogens with two attached hydrogens (primary N) is 1. The van der Waals surface area contributed by atoms with Crippen LogP contribution in [0.3, 0.4) is 0 Å². The molecule has 24 heavy (non-hydrogen) atoms. The minimum atomic E-state index is -0.809. The number of rotatable bonds is 3. The maximum atomic E-state index is 11.0.